The second-order valence-corrected chi connectivity index (χ2v) is 4.70. The first kappa shape index (κ1) is 17.4. The fourth-order valence-electron chi connectivity index (χ4n) is 1.81. The molecule has 1 amide bonds. The largest absolute Gasteiger partial charge is 0.416 e. The van der Waals surface area contributed by atoms with E-state index in [0.717, 1.165) is 0 Å². The standard InChI is InChI=1S/C14H17F4NO2/c1-19(7-3-2-4-8-20)13(21)11-9-10(14(16,17)18)5-6-12(11)15/h5-6,9,20H,2-4,7-8H2,1H3. The number of aliphatic hydroxyl groups excluding tert-OH is 1. The third-order valence-corrected chi connectivity index (χ3v) is 3.02. The highest BCUT2D eigenvalue weighted by molar-refractivity contribution is 5.94. The summed E-state index contributed by atoms with van der Waals surface area (Å²) in [5.74, 6) is -1.77. The van der Waals surface area contributed by atoms with Crippen LogP contribution in [0.15, 0.2) is 18.2 Å². The molecule has 0 spiro atoms. The molecular weight excluding hydrogens is 290 g/mol. The number of benzene rings is 1. The Morgan fingerprint density at radius 1 is 1.24 bits per heavy atom. The van der Waals surface area contributed by atoms with Gasteiger partial charge in [-0.3, -0.25) is 4.79 Å². The molecule has 1 aromatic rings. The minimum absolute atomic E-state index is 0.0416. The van der Waals surface area contributed by atoms with Crippen molar-refractivity contribution < 1.29 is 27.5 Å². The summed E-state index contributed by atoms with van der Waals surface area (Å²) in [5.41, 5.74) is -1.64. The zero-order valence-electron chi connectivity index (χ0n) is 11.6. The molecule has 0 radical (unpaired) electrons. The van der Waals surface area contributed by atoms with Gasteiger partial charge in [-0.2, -0.15) is 13.2 Å². The lowest BCUT2D eigenvalue weighted by Gasteiger charge is -2.18. The zero-order chi connectivity index (χ0) is 16.0. The van der Waals surface area contributed by atoms with Crippen molar-refractivity contribution in [3.05, 3.63) is 35.1 Å². The van der Waals surface area contributed by atoms with Crippen molar-refractivity contribution in [2.75, 3.05) is 20.2 Å². The summed E-state index contributed by atoms with van der Waals surface area (Å²) in [6.45, 7) is 0.328. The predicted molar refractivity (Wildman–Crippen MR) is 69.3 cm³/mol. The van der Waals surface area contributed by atoms with E-state index >= 15 is 0 Å². The van der Waals surface area contributed by atoms with Crippen LogP contribution in [0.5, 0.6) is 0 Å². The highest BCUT2D eigenvalue weighted by atomic mass is 19.4. The van der Waals surface area contributed by atoms with Gasteiger partial charge in [-0.1, -0.05) is 0 Å². The van der Waals surface area contributed by atoms with E-state index in [4.69, 9.17) is 5.11 Å². The Labute approximate surface area is 120 Å². The molecule has 0 fully saturated rings. The summed E-state index contributed by atoms with van der Waals surface area (Å²) in [7, 11) is 1.40. The first-order valence-electron chi connectivity index (χ1n) is 6.50. The van der Waals surface area contributed by atoms with Gasteiger partial charge in [0.15, 0.2) is 0 Å². The molecule has 0 aliphatic carbocycles. The second kappa shape index (κ2) is 7.40. The molecule has 0 saturated heterocycles. The Hall–Kier alpha value is -1.63. The fourth-order valence-corrected chi connectivity index (χ4v) is 1.81. The van der Waals surface area contributed by atoms with Crippen LogP contribution in [0.2, 0.25) is 0 Å². The van der Waals surface area contributed by atoms with Crippen molar-refractivity contribution >= 4 is 5.91 Å². The van der Waals surface area contributed by atoms with Crippen LogP contribution in [-0.2, 0) is 6.18 Å². The Bertz CT molecular complexity index is 488. The zero-order valence-corrected chi connectivity index (χ0v) is 11.6. The maximum atomic E-state index is 13.6. The third-order valence-electron chi connectivity index (χ3n) is 3.02. The van der Waals surface area contributed by atoms with Crippen molar-refractivity contribution in [2.45, 2.75) is 25.4 Å². The first-order chi connectivity index (χ1) is 9.77. The van der Waals surface area contributed by atoms with Gasteiger partial charge in [0.25, 0.3) is 5.91 Å². The van der Waals surface area contributed by atoms with Crippen molar-refractivity contribution in [3.8, 4) is 0 Å². The maximum absolute atomic E-state index is 13.6. The summed E-state index contributed by atoms with van der Waals surface area (Å²) in [6, 6.07) is 1.78. The van der Waals surface area contributed by atoms with Crippen LogP contribution in [0.3, 0.4) is 0 Å². The molecule has 118 valence electrons. The monoisotopic (exact) mass is 307 g/mol. The molecule has 3 nitrogen and oxygen atoms in total. The Balaban J connectivity index is 2.81. The van der Waals surface area contributed by atoms with Crippen LogP contribution in [-0.4, -0.2) is 36.1 Å². The number of carbonyl (C=O) groups excluding carboxylic acids is 1. The van der Waals surface area contributed by atoms with Gasteiger partial charge in [0.2, 0.25) is 0 Å². The molecular formula is C14H17F4NO2. The number of amides is 1. The molecule has 0 saturated carbocycles. The summed E-state index contributed by atoms with van der Waals surface area (Å²) in [4.78, 5) is 13.2. The molecule has 1 N–H and O–H groups in total. The molecule has 7 heteroatoms. The van der Waals surface area contributed by atoms with Crippen LogP contribution in [0.25, 0.3) is 0 Å². The van der Waals surface area contributed by atoms with Crippen LogP contribution in [0.4, 0.5) is 17.6 Å². The molecule has 0 atom stereocenters. The highest BCUT2D eigenvalue weighted by Gasteiger charge is 2.32. The van der Waals surface area contributed by atoms with E-state index in [1.54, 1.807) is 0 Å². The van der Waals surface area contributed by atoms with Gasteiger partial charge in [-0.05, 0) is 37.5 Å². The normalized spacial score (nSPS) is 11.5. The minimum atomic E-state index is -4.62. The van der Waals surface area contributed by atoms with E-state index in [1.165, 1.54) is 11.9 Å². The van der Waals surface area contributed by atoms with E-state index in [2.05, 4.69) is 0 Å². The predicted octanol–water partition coefficient (Wildman–Crippen LogP) is 3.08. The van der Waals surface area contributed by atoms with Gasteiger partial charge in [-0.15, -0.1) is 0 Å². The van der Waals surface area contributed by atoms with E-state index < -0.39 is 29.0 Å². The van der Waals surface area contributed by atoms with Gasteiger partial charge in [0.05, 0.1) is 11.1 Å². The minimum Gasteiger partial charge on any atom is -0.396 e. The van der Waals surface area contributed by atoms with Crippen molar-refractivity contribution in [2.24, 2.45) is 0 Å². The van der Waals surface area contributed by atoms with Gasteiger partial charge in [0, 0.05) is 20.2 Å². The highest BCUT2D eigenvalue weighted by Crippen LogP contribution is 2.30. The van der Waals surface area contributed by atoms with E-state index in [9.17, 15) is 22.4 Å². The van der Waals surface area contributed by atoms with Gasteiger partial charge >= 0.3 is 6.18 Å². The average molecular weight is 307 g/mol. The van der Waals surface area contributed by atoms with Crippen molar-refractivity contribution in [1.29, 1.82) is 0 Å². The molecule has 0 unspecified atom stereocenters. The molecule has 0 heterocycles. The third kappa shape index (κ3) is 5.00. The quantitative estimate of drug-likeness (QED) is 0.648. The summed E-state index contributed by atoms with van der Waals surface area (Å²) >= 11 is 0. The van der Waals surface area contributed by atoms with Gasteiger partial charge < -0.3 is 10.0 Å². The average Bonchev–Trinajstić information content (AvgIpc) is 2.42. The van der Waals surface area contributed by atoms with E-state index in [0.29, 0.717) is 37.5 Å². The van der Waals surface area contributed by atoms with Gasteiger partial charge in [-0.25, -0.2) is 4.39 Å². The molecule has 0 aliphatic rings. The number of hydrogen-bond acceptors (Lipinski definition) is 2. The molecule has 0 aromatic heterocycles. The Kier molecular flexibility index (Phi) is 6.14. The Morgan fingerprint density at radius 2 is 1.90 bits per heavy atom. The van der Waals surface area contributed by atoms with Crippen molar-refractivity contribution in [1.82, 2.24) is 4.90 Å². The first-order valence-corrected chi connectivity index (χ1v) is 6.50. The number of hydrogen-bond donors (Lipinski definition) is 1. The molecule has 1 aromatic carbocycles. The van der Waals surface area contributed by atoms with Crippen molar-refractivity contribution in [3.63, 3.8) is 0 Å². The lowest BCUT2D eigenvalue weighted by atomic mass is 10.1. The van der Waals surface area contributed by atoms with Crippen LogP contribution in [0.1, 0.15) is 35.2 Å². The van der Waals surface area contributed by atoms with E-state index in [1.807, 2.05) is 0 Å². The van der Waals surface area contributed by atoms with Crippen LogP contribution >= 0.6 is 0 Å². The molecule has 0 aliphatic heterocycles. The molecule has 1 rings (SSSR count). The fraction of sp³-hybridized carbons (Fsp3) is 0.500. The van der Waals surface area contributed by atoms with Gasteiger partial charge in [0.1, 0.15) is 5.82 Å². The summed E-state index contributed by atoms with van der Waals surface area (Å²) in [5, 5.41) is 8.63. The number of carbonyl (C=O) groups is 1. The summed E-state index contributed by atoms with van der Waals surface area (Å²) < 4.78 is 51.3. The topological polar surface area (TPSA) is 40.5 Å². The smallest absolute Gasteiger partial charge is 0.396 e. The second-order valence-electron chi connectivity index (χ2n) is 4.70. The number of halogens is 4. The number of aliphatic hydroxyl groups is 1. The maximum Gasteiger partial charge on any atom is 0.416 e. The number of nitrogens with zero attached hydrogens (tertiary/aromatic N) is 1. The molecule has 0 bridgehead atoms. The SMILES string of the molecule is CN(CCCCCO)C(=O)c1cc(C(F)(F)F)ccc1F. The number of rotatable bonds is 6. The lowest BCUT2D eigenvalue weighted by Crippen LogP contribution is -2.29. The van der Waals surface area contributed by atoms with Crippen LogP contribution < -0.4 is 0 Å². The Morgan fingerprint density at radius 3 is 2.48 bits per heavy atom. The van der Waals surface area contributed by atoms with Crippen LogP contribution in [0, 0.1) is 5.82 Å². The van der Waals surface area contributed by atoms with E-state index in [-0.39, 0.29) is 13.2 Å². The lowest BCUT2D eigenvalue weighted by molar-refractivity contribution is -0.137. The molecule has 21 heavy (non-hydrogen) atoms. The number of unbranched alkanes of at least 4 members (excludes halogenated alkanes) is 2. The summed E-state index contributed by atoms with van der Waals surface area (Å²) in [6.07, 6.45) is -2.77. The number of alkyl halides is 3.